The molecule has 0 N–H and O–H groups in total. The maximum absolute atomic E-state index is 12.1. The number of halogens is 5. The predicted octanol–water partition coefficient (Wildman–Crippen LogP) is 5.48. The van der Waals surface area contributed by atoms with Gasteiger partial charge in [-0.2, -0.15) is 5.26 Å². The third kappa shape index (κ3) is 3.19. The fraction of sp³-hybridized carbons (Fsp3) is 0.200. The lowest BCUT2D eigenvalue weighted by molar-refractivity contribution is 0.0999. The summed E-state index contributed by atoms with van der Waals surface area (Å²) < 4.78 is -1.97. The van der Waals surface area contributed by atoms with Crippen molar-refractivity contribution in [1.82, 2.24) is 0 Å². The van der Waals surface area contributed by atoms with E-state index < -0.39 is 9.45 Å². The smallest absolute Gasteiger partial charge is 0.239 e. The Labute approximate surface area is 133 Å². The average molecular weight is 363 g/mol. The fourth-order valence-electron chi connectivity index (χ4n) is 1.15. The van der Waals surface area contributed by atoms with Crippen LogP contribution in [0.25, 0.3) is 0 Å². The summed E-state index contributed by atoms with van der Waals surface area (Å²) in [5.41, 5.74) is 0.435. The van der Waals surface area contributed by atoms with Crippen LogP contribution < -0.4 is 0 Å². The van der Waals surface area contributed by atoms with E-state index in [1.807, 2.05) is 0 Å². The van der Waals surface area contributed by atoms with Crippen molar-refractivity contribution in [3.63, 3.8) is 0 Å². The molecule has 0 unspecified atom stereocenters. The van der Waals surface area contributed by atoms with Gasteiger partial charge in [0.1, 0.15) is 5.40 Å². The van der Waals surface area contributed by atoms with Crippen molar-refractivity contribution in [2.75, 3.05) is 0 Å². The summed E-state index contributed by atoms with van der Waals surface area (Å²) in [6.07, 6.45) is 0. The standard InChI is InChI=1S/C10H4Cl5NOS/c1-4-5(11)2-6(12)7(8(4)13)9(17)10(14,15)18-3-16/h2H,1H3. The Balaban J connectivity index is 3.40. The quantitative estimate of drug-likeness (QED) is 0.405. The topological polar surface area (TPSA) is 40.9 Å². The predicted molar refractivity (Wildman–Crippen MR) is 78.2 cm³/mol. The second kappa shape index (κ2) is 6.09. The molecule has 0 amide bonds. The highest BCUT2D eigenvalue weighted by Gasteiger charge is 2.38. The SMILES string of the molecule is Cc1c(Cl)cc(Cl)c(C(=O)C(Cl)(Cl)SC#N)c1Cl. The minimum Gasteiger partial charge on any atom is -0.290 e. The van der Waals surface area contributed by atoms with E-state index in [1.165, 1.54) is 6.07 Å². The highest BCUT2D eigenvalue weighted by molar-refractivity contribution is 8.08. The van der Waals surface area contributed by atoms with Gasteiger partial charge in [0.2, 0.25) is 9.45 Å². The molecule has 0 saturated carbocycles. The molecule has 0 heterocycles. The maximum Gasteiger partial charge on any atom is 0.239 e. The highest BCUT2D eigenvalue weighted by atomic mass is 35.5. The second-order valence-corrected chi connectivity index (χ2v) is 7.16. The number of ketones is 1. The summed E-state index contributed by atoms with van der Waals surface area (Å²) in [4.78, 5) is 12.1. The Hall–Kier alpha value is 0.180. The highest BCUT2D eigenvalue weighted by Crippen LogP contribution is 2.42. The molecule has 1 aromatic rings. The van der Waals surface area contributed by atoms with Crippen LogP contribution >= 0.6 is 69.8 Å². The van der Waals surface area contributed by atoms with E-state index in [0.717, 1.165) is 0 Å². The van der Waals surface area contributed by atoms with E-state index in [1.54, 1.807) is 12.3 Å². The van der Waals surface area contributed by atoms with Crippen molar-refractivity contribution in [2.24, 2.45) is 0 Å². The van der Waals surface area contributed by atoms with Gasteiger partial charge in [-0.05, 0) is 18.6 Å². The Morgan fingerprint density at radius 2 is 1.89 bits per heavy atom. The van der Waals surface area contributed by atoms with Gasteiger partial charge in [-0.25, -0.2) is 0 Å². The van der Waals surface area contributed by atoms with Crippen molar-refractivity contribution < 1.29 is 4.79 Å². The van der Waals surface area contributed by atoms with Crippen molar-refractivity contribution >= 4 is 75.5 Å². The normalized spacial score (nSPS) is 11.2. The monoisotopic (exact) mass is 361 g/mol. The first kappa shape index (κ1) is 16.2. The lowest BCUT2D eigenvalue weighted by Gasteiger charge is -2.16. The molecule has 2 nitrogen and oxygen atoms in total. The summed E-state index contributed by atoms with van der Waals surface area (Å²) in [7, 11) is 0. The Bertz CT molecular complexity index is 552. The first-order valence-electron chi connectivity index (χ1n) is 4.36. The minimum atomic E-state index is -1.97. The van der Waals surface area contributed by atoms with Crippen LogP contribution in [0.15, 0.2) is 6.07 Å². The fourth-order valence-corrected chi connectivity index (χ4v) is 2.79. The molecule has 0 radical (unpaired) electrons. The molecular formula is C10H4Cl5NOS. The maximum atomic E-state index is 12.1. The number of thioether (sulfide) groups is 1. The van der Waals surface area contributed by atoms with Gasteiger partial charge in [-0.3, -0.25) is 4.79 Å². The molecule has 0 saturated heterocycles. The van der Waals surface area contributed by atoms with E-state index in [4.69, 9.17) is 63.3 Å². The van der Waals surface area contributed by atoms with Gasteiger partial charge in [-0.1, -0.05) is 58.0 Å². The van der Waals surface area contributed by atoms with Crippen LogP contribution in [-0.2, 0) is 0 Å². The molecule has 1 aromatic carbocycles. The van der Waals surface area contributed by atoms with E-state index >= 15 is 0 Å². The first-order chi connectivity index (χ1) is 8.22. The Kier molecular flexibility index (Phi) is 5.49. The summed E-state index contributed by atoms with van der Waals surface area (Å²) in [6, 6.07) is 1.37. The van der Waals surface area contributed by atoms with E-state index in [9.17, 15) is 4.79 Å². The van der Waals surface area contributed by atoms with Crippen LogP contribution in [-0.4, -0.2) is 9.45 Å². The minimum absolute atomic E-state index is 0.0322. The zero-order valence-electron chi connectivity index (χ0n) is 8.73. The first-order valence-corrected chi connectivity index (χ1v) is 7.06. The lowest BCUT2D eigenvalue weighted by atomic mass is 10.1. The summed E-state index contributed by atoms with van der Waals surface area (Å²) in [6.45, 7) is 1.62. The van der Waals surface area contributed by atoms with Crippen LogP contribution in [0.3, 0.4) is 0 Å². The number of thiocyanates is 1. The third-order valence-corrected chi connectivity index (χ3v) is 4.57. The molecule has 0 aliphatic rings. The number of nitriles is 1. The molecule has 0 spiro atoms. The van der Waals surface area contributed by atoms with Gasteiger partial charge in [0.05, 0.1) is 15.6 Å². The number of nitrogens with zero attached hydrogens (tertiary/aromatic N) is 1. The number of carbonyl (C=O) groups is 1. The molecule has 0 bridgehead atoms. The molecule has 0 aromatic heterocycles. The molecule has 0 aliphatic heterocycles. The van der Waals surface area contributed by atoms with Gasteiger partial charge in [-0.15, -0.1) is 0 Å². The van der Waals surface area contributed by atoms with Gasteiger partial charge >= 0.3 is 0 Å². The molecular weight excluding hydrogens is 359 g/mol. The molecule has 0 atom stereocenters. The third-order valence-electron chi connectivity index (χ3n) is 2.06. The molecule has 0 aliphatic carbocycles. The molecule has 0 fully saturated rings. The molecule has 96 valence electrons. The van der Waals surface area contributed by atoms with Crippen LogP contribution in [0.2, 0.25) is 15.1 Å². The lowest BCUT2D eigenvalue weighted by Crippen LogP contribution is -2.22. The number of Topliss-reactive ketones (excluding diaryl/α,β-unsaturated/α-hetero) is 1. The Morgan fingerprint density at radius 1 is 1.33 bits per heavy atom. The number of hydrogen-bond donors (Lipinski definition) is 0. The summed E-state index contributed by atoms with van der Waals surface area (Å²) in [5, 5.41) is 10.6. The Morgan fingerprint density at radius 3 is 2.39 bits per heavy atom. The van der Waals surface area contributed by atoms with E-state index in [0.29, 0.717) is 22.3 Å². The van der Waals surface area contributed by atoms with E-state index in [2.05, 4.69) is 0 Å². The summed E-state index contributed by atoms with van der Waals surface area (Å²) >= 11 is 29.7. The van der Waals surface area contributed by atoms with Crippen LogP contribution in [0, 0.1) is 17.6 Å². The van der Waals surface area contributed by atoms with Crippen molar-refractivity contribution in [3.8, 4) is 5.40 Å². The van der Waals surface area contributed by atoms with Crippen LogP contribution in [0.4, 0.5) is 0 Å². The number of hydrogen-bond acceptors (Lipinski definition) is 3. The molecule has 18 heavy (non-hydrogen) atoms. The molecule has 1 rings (SSSR count). The van der Waals surface area contributed by atoms with Gasteiger partial charge in [0, 0.05) is 16.8 Å². The largest absolute Gasteiger partial charge is 0.290 e. The number of rotatable bonds is 3. The summed E-state index contributed by atoms with van der Waals surface area (Å²) in [5.74, 6) is -0.757. The van der Waals surface area contributed by atoms with Gasteiger partial charge in [0.25, 0.3) is 0 Å². The second-order valence-electron chi connectivity index (χ2n) is 3.19. The van der Waals surface area contributed by atoms with Crippen LogP contribution in [0.1, 0.15) is 15.9 Å². The molecule has 8 heteroatoms. The average Bonchev–Trinajstić information content (AvgIpc) is 2.26. The zero-order valence-corrected chi connectivity index (χ0v) is 13.3. The van der Waals surface area contributed by atoms with Crippen molar-refractivity contribution in [3.05, 3.63) is 32.3 Å². The number of carbonyl (C=O) groups excluding carboxylic acids is 1. The zero-order chi connectivity index (χ0) is 14.1. The van der Waals surface area contributed by atoms with E-state index in [-0.39, 0.29) is 15.6 Å². The van der Waals surface area contributed by atoms with Gasteiger partial charge in [0.15, 0.2) is 0 Å². The number of benzene rings is 1. The van der Waals surface area contributed by atoms with Crippen molar-refractivity contribution in [1.29, 1.82) is 5.26 Å². The number of alkyl halides is 2. The van der Waals surface area contributed by atoms with Gasteiger partial charge < -0.3 is 0 Å². The van der Waals surface area contributed by atoms with Crippen LogP contribution in [0.5, 0.6) is 0 Å². The van der Waals surface area contributed by atoms with Crippen molar-refractivity contribution in [2.45, 2.75) is 10.6 Å².